The van der Waals surface area contributed by atoms with Gasteiger partial charge in [0.1, 0.15) is 0 Å². The smallest absolute Gasteiger partial charge is 0.414 e. The van der Waals surface area contributed by atoms with Crippen molar-refractivity contribution < 1.29 is 29.7 Å². The monoisotopic (exact) mass is 456 g/mol. The molecule has 1 amide bonds. The molecule has 2 aromatic rings. The molecule has 0 bridgehead atoms. The standard InChI is InChI=1S/C23H30N2O2.C2H2O4/c1-2-23(27)25(20-11-7-4-8-12-20)21-13-16-24(17-14-21)18-15-22(26)19-9-5-3-6-10-19;3-1(4)2(5)6/h3-12,21-22,26H,2,13-18H2,1H3;(H,3,4)(H,5,6). The number of aliphatic carboxylic acids is 2. The topological polar surface area (TPSA) is 118 Å². The van der Waals surface area contributed by atoms with Crippen LogP contribution in [0.4, 0.5) is 5.69 Å². The van der Waals surface area contributed by atoms with Crippen molar-refractivity contribution in [1.82, 2.24) is 4.90 Å². The van der Waals surface area contributed by atoms with Crippen molar-refractivity contribution in [3.8, 4) is 0 Å². The molecule has 33 heavy (non-hydrogen) atoms. The van der Waals surface area contributed by atoms with Crippen LogP contribution in [-0.4, -0.2) is 63.7 Å². The zero-order valence-electron chi connectivity index (χ0n) is 18.8. The second-order valence-corrected chi connectivity index (χ2v) is 7.85. The number of carbonyl (C=O) groups is 3. The van der Waals surface area contributed by atoms with Gasteiger partial charge in [0.15, 0.2) is 0 Å². The fraction of sp³-hybridized carbons (Fsp3) is 0.400. The van der Waals surface area contributed by atoms with Gasteiger partial charge in [-0.1, -0.05) is 55.5 Å². The number of anilines is 1. The van der Waals surface area contributed by atoms with E-state index in [1.165, 1.54) is 0 Å². The Balaban J connectivity index is 0.000000569. The predicted octanol–water partition coefficient (Wildman–Crippen LogP) is 3.17. The van der Waals surface area contributed by atoms with Crippen molar-refractivity contribution in [2.75, 3.05) is 24.5 Å². The molecule has 0 aliphatic carbocycles. The average molecular weight is 457 g/mol. The van der Waals surface area contributed by atoms with E-state index in [0.29, 0.717) is 6.42 Å². The first-order valence-corrected chi connectivity index (χ1v) is 11.1. The fourth-order valence-electron chi connectivity index (χ4n) is 3.87. The van der Waals surface area contributed by atoms with Crippen LogP contribution in [0.2, 0.25) is 0 Å². The quantitative estimate of drug-likeness (QED) is 0.548. The first-order valence-electron chi connectivity index (χ1n) is 11.1. The SMILES string of the molecule is CCC(=O)N(c1ccccc1)C1CCN(CCC(O)c2ccccc2)CC1.O=C(O)C(=O)O. The lowest BCUT2D eigenvalue weighted by molar-refractivity contribution is -0.159. The summed E-state index contributed by atoms with van der Waals surface area (Å²) in [6.07, 6.45) is 2.81. The lowest BCUT2D eigenvalue weighted by Crippen LogP contribution is -2.47. The summed E-state index contributed by atoms with van der Waals surface area (Å²) in [4.78, 5) is 35.1. The third-order valence-corrected chi connectivity index (χ3v) is 5.61. The number of aliphatic hydroxyl groups excluding tert-OH is 1. The molecule has 0 spiro atoms. The molecule has 8 nitrogen and oxygen atoms in total. The Bertz CT molecular complexity index is 870. The molecule has 1 aliphatic heterocycles. The van der Waals surface area contributed by atoms with Crippen LogP contribution in [0, 0.1) is 0 Å². The number of hydrogen-bond donors (Lipinski definition) is 3. The van der Waals surface area contributed by atoms with E-state index in [4.69, 9.17) is 19.8 Å². The van der Waals surface area contributed by atoms with Crippen LogP contribution in [0.1, 0.15) is 44.3 Å². The molecule has 3 rings (SSSR count). The second kappa shape index (κ2) is 13.3. The van der Waals surface area contributed by atoms with Crippen molar-refractivity contribution in [3.05, 3.63) is 66.2 Å². The second-order valence-electron chi connectivity index (χ2n) is 7.85. The number of carboxylic acid groups (broad SMARTS) is 2. The van der Waals surface area contributed by atoms with Gasteiger partial charge in [0.2, 0.25) is 5.91 Å². The van der Waals surface area contributed by atoms with Crippen LogP contribution in [0.15, 0.2) is 60.7 Å². The Morgan fingerprint density at radius 1 is 0.939 bits per heavy atom. The molecule has 1 saturated heterocycles. The number of carbonyl (C=O) groups excluding carboxylic acids is 1. The minimum absolute atomic E-state index is 0.194. The predicted molar refractivity (Wildman–Crippen MR) is 125 cm³/mol. The number of likely N-dealkylation sites (tertiary alicyclic amines) is 1. The molecule has 178 valence electrons. The Kier molecular flexibility index (Phi) is 10.5. The number of aliphatic hydroxyl groups is 1. The number of amides is 1. The van der Waals surface area contributed by atoms with E-state index in [-0.39, 0.29) is 11.9 Å². The largest absolute Gasteiger partial charge is 0.473 e. The Hall–Kier alpha value is -3.23. The number of piperidine rings is 1. The molecule has 0 radical (unpaired) electrons. The molecular weight excluding hydrogens is 424 g/mol. The van der Waals surface area contributed by atoms with Crippen molar-refractivity contribution in [3.63, 3.8) is 0 Å². The summed E-state index contributed by atoms with van der Waals surface area (Å²) in [7, 11) is 0. The summed E-state index contributed by atoms with van der Waals surface area (Å²) in [5.41, 5.74) is 1.98. The van der Waals surface area contributed by atoms with Gasteiger partial charge in [-0.3, -0.25) is 4.79 Å². The summed E-state index contributed by atoms with van der Waals surface area (Å²) in [5.74, 6) is -3.45. The highest BCUT2D eigenvalue weighted by Gasteiger charge is 2.28. The molecule has 2 aromatic carbocycles. The first kappa shape index (κ1) is 26.0. The highest BCUT2D eigenvalue weighted by molar-refractivity contribution is 6.27. The number of hydrogen-bond acceptors (Lipinski definition) is 5. The van der Waals surface area contributed by atoms with E-state index in [9.17, 15) is 9.90 Å². The summed E-state index contributed by atoms with van der Waals surface area (Å²) in [6, 6.07) is 20.1. The minimum atomic E-state index is -1.82. The van der Waals surface area contributed by atoms with Crippen LogP contribution < -0.4 is 4.90 Å². The van der Waals surface area contributed by atoms with Gasteiger partial charge in [-0.05, 0) is 37.0 Å². The maximum absolute atomic E-state index is 12.5. The van der Waals surface area contributed by atoms with Gasteiger partial charge in [0.05, 0.1) is 6.10 Å². The summed E-state index contributed by atoms with van der Waals surface area (Å²) < 4.78 is 0. The molecule has 3 N–H and O–H groups in total. The first-order chi connectivity index (χ1) is 15.8. The highest BCUT2D eigenvalue weighted by atomic mass is 16.4. The number of rotatable bonds is 7. The zero-order chi connectivity index (χ0) is 24.2. The zero-order valence-corrected chi connectivity index (χ0v) is 18.8. The van der Waals surface area contributed by atoms with Crippen LogP contribution in [0.25, 0.3) is 0 Å². The number of nitrogens with zero attached hydrogens (tertiary/aromatic N) is 2. The van der Waals surface area contributed by atoms with Gasteiger partial charge in [-0.15, -0.1) is 0 Å². The van der Waals surface area contributed by atoms with Gasteiger partial charge in [-0.2, -0.15) is 0 Å². The Labute approximate surface area is 194 Å². The van der Waals surface area contributed by atoms with Crippen molar-refractivity contribution >= 4 is 23.5 Å². The fourth-order valence-corrected chi connectivity index (χ4v) is 3.87. The van der Waals surface area contributed by atoms with Crippen LogP contribution in [0.5, 0.6) is 0 Å². The van der Waals surface area contributed by atoms with Gasteiger partial charge in [0, 0.05) is 37.8 Å². The average Bonchev–Trinajstić information content (AvgIpc) is 2.85. The van der Waals surface area contributed by atoms with Crippen LogP contribution in [0.3, 0.4) is 0 Å². The third-order valence-electron chi connectivity index (χ3n) is 5.61. The van der Waals surface area contributed by atoms with Gasteiger partial charge < -0.3 is 25.1 Å². The molecule has 1 heterocycles. The summed E-state index contributed by atoms with van der Waals surface area (Å²) in [6.45, 7) is 4.74. The maximum atomic E-state index is 12.5. The van der Waals surface area contributed by atoms with E-state index in [0.717, 1.165) is 50.1 Å². The number of carboxylic acids is 2. The van der Waals surface area contributed by atoms with Crippen molar-refractivity contribution in [2.24, 2.45) is 0 Å². The van der Waals surface area contributed by atoms with E-state index in [2.05, 4.69) is 4.90 Å². The van der Waals surface area contributed by atoms with Gasteiger partial charge >= 0.3 is 11.9 Å². The number of para-hydroxylation sites is 1. The van der Waals surface area contributed by atoms with Crippen molar-refractivity contribution in [1.29, 1.82) is 0 Å². The third kappa shape index (κ3) is 8.32. The molecule has 1 atom stereocenters. The minimum Gasteiger partial charge on any atom is -0.473 e. The molecule has 1 unspecified atom stereocenters. The normalized spacial score (nSPS) is 15.1. The van der Waals surface area contributed by atoms with Gasteiger partial charge in [-0.25, -0.2) is 9.59 Å². The Morgan fingerprint density at radius 2 is 1.45 bits per heavy atom. The van der Waals surface area contributed by atoms with Crippen LogP contribution in [-0.2, 0) is 14.4 Å². The van der Waals surface area contributed by atoms with E-state index < -0.39 is 18.0 Å². The maximum Gasteiger partial charge on any atom is 0.414 e. The summed E-state index contributed by atoms with van der Waals surface area (Å²) >= 11 is 0. The lowest BCUT2D eigenvalue weighted by Gasteiger charge is -2.38. The number of benzene rings is 2. The molecular formula is C25H32N2O6. The molecule has 8 heteroatoms. The Morgan fingerprint density at radius 3 is 1.94 bits per heavy atom. The van der Waals surface area contributed by atoms with E-state index >= 15 is 0 Å². The van der Waals surface area contributed by atoms with Crippen LogP contribution >= 0.6 is 0 Å². The van der Waals surface area contributed by atoms with E-state index in [1.54, 1.807) is 0 Å². The summed E-state index contributed by atoms with van der Waals surface area (Å²) in [5, 5.41) is 25.1. The molecule has 1 aliphatic rings. The molecule has 0 saturated carbocycles. The molecule has 0 aromatic heterocycles. The van der Waals surface area contributed by atoms with E-state index in [1.807, 2.05) is 72.5 Å². The van der Waals surface area contributed by atoms with Crippen molar-refractivity contribution in [2.45, 2.75) is 44.8 Å². The molecule has 1 fully saturated rings. The highest BCUT2D eigenvalue weighted by Crippen LogP contribution is 2.25. The lowest BCUT2D eigenvalue weighted by atomic mass is 10.0. The van der Waals surface area contributed by atoms with Gasteiger partial charge in [0.25, 0.3) is 0 Å².